The molecule has 0 aromatic heterocycles. The predicted octanol–water partition coefficient (Wildman–Crippen LogP) is 2.39. The van der Waals surface area contributed by atoms with Gasteiger partial charge in [-0.3, -0.25) is 9.79 Å². The van der Waals surface area contributed by atoms with Crippen molar-refractivity contribution in [3.63, 3.8) is 0 Å². The van der Waals surface area contributed by atoms with Crippen molar-refractivity contribution in [2.24, 2.45) is 10.4 Å². The predicted molar refractivity (Wildman–Crippen MR) is 103 cm³/mol. The van der Waals surface area contributed by atoms with Gasteiger partial charge in [0.05, 0.1) is 12.0 Å². The SMILES string of the molecule is CCNC(=O)C(C)(C)CNC(=NC)N(C)CCOc1ccc(Cl)cc1. The molecule has 0 aliphatic carbocycles. The Morgan fingerprint density at radius 3 is 2.48 bits per heavy atom. The van der Waals surface area contributed by atoms with E-state index in [2.05, 4.69) is 15.6 Å². The highest BCUT2D eigenvalue weighted by Gasteiger charge is 2.27. The Morgan fingerprint density at radius 1 is 1.28 bits per heavy atom. The van der Waals surface area contributed by atoms with Crippen molar-refractivity contribution in [2.45, 2.75) is 20.8 Å². The van der Waals surface area contributed by atoms with Gasteiger partial charge in [-0.15, -0.1) is 0 Å². The number of hydrogen-bond acceptors (Lipinski definition) is 3. The first-order valence-corrected chi connectivity index (χ1v) is 8.76. The van der Waals surface area contributed by atoms with Crippen LogP contribution in [0.1, 0.15) is 20.8 Å². The van der Waals surface area contributed by atoms with E-state index in [1.165, 1.54) is 0 Å². The lowest BCUT2D eigenvalue weighted by Gasteiger charge is -2.28. The highest BCUT2D eigenvalue weighted by molar-refractivity contribution is 6.30. The van der Waals surface area contributed by atoms with Crippen LogP contribution >= 0.6 is 11.6 Å². The van der Waals surface area contributed by atoms with E-state index >= 15 is 0 Å². The molecule has 140 valence electrons. The Kier molecular flexibility index (Phi) is 8.55. The van der Waals surface area contributed by atoms with Crippen LogP contribution in [0.3, 0.4) is 0 Å². The van der Waals surface area contributed by atoms with Crippen LogP contribution in [0.15, 0.2) is 29.3 Å². The molecule has 0 unspecified atom stereocenters. The van der Waals surface area contributed by atoms with Crippen LogP contribution in [0.25, 0.3) is 0 Å². The minimum absolute atomic E-state index is 0.0201. The van der Waals surface area contributed by atoms with Crippen molar-refractivity contribution < 1.29 is 9.53 Å². The van der Waals surface area contributed by atoms with E-state index in [-0.39, 0.29) is 5.91 Å². The lowest BCUT2D eigenvalue weighted by atomic mass is 9.92. The summed E-state index contributed by atoms with van der Waals surface area (Å²) in [6, 6.07) is 7.27. The van der Waals surface area contributed by atoms with E-state index in [1.807, 2.05) is 44.9 Å². The molecule has 0 radical (unpaired) electrons. The van der Waals surface area contributed by atoms with E-state index < -0.39 is 5.41 Å². The van der Waals surface area contributed by atoms with Gasteiger partial charge in [0, 0.05) is 32.2 Å². The van der Waals surface area contributed by atoms with Crippen molar-refractivity contribution in [1.82, 2.24) is 15.5 Å². The normalized spacial score (nSPS) is 11.8. The summed E-state index contributed by atoms with van der Waals surface area (Å²) in [5.74, 6) is 1.52. The van der Waals surface area contributed by atoms with Crippen LogP contribution in [0.4, 0.5) is 0 Å². The van der Waals surface area contributed by atoms with E-state index in [9.17, 15) is 4.79 Å². The summed E-state index contributed by atoms with van der Waals surface area (Å²) in [4.78, 5) is 18.3. The maximum atomic E-state index is 12.1. The number of ether oxygens (including phenoxy) is 1. The van der Waals surface area contributed by atoms with E-state index in [0.717, 1.165) is 11.7 Å². The van der Waals surface area contributed by atoms with Crippen LogP contribution in [-0.4, -0.2) is 57.1 Å². The maximum absolute atomic E-state index is 12.1. The summed E-state index contributed by atoms with van der Waals surface area (Å²) < 4.78 is 5.69. The van der Waals surface area contributed by atoms with Gasteiger partial charge in [-0.25, -0.2) is 0 Å². The third kappa shape index (κ3) is 7.22. The number of nitrogens with zero attached hydrogens (tertiary/aromatic N) is 2. The molecule has 1 amide bonds. The molecule has 0 heterocycles. The first-order valence-electron chi connectivity index (χ1n) is 8.38. The summed E-state index contributed by atoms with van der Waals surface area (Å²) in [6.07, 6.45) is 0. The van der Waals surface area contributed by atoms with Gasteiger partial charge in [0.15, 0.2) is 5.96 Å². The third-order valence-corrected chi connectivity index (χ3v) is 3.97. The number of benzene rings is 1. The molecule has 0 aliphatic heterocycles. The minimum atomic E-state index is -0.521. The van der Waals surface area contributed by atoms with Gasteiger partial charge in [0.25, 0.3) is 0 Å². The molecule has 0 saturated carbocycles. The molecule has 0 fully saturated rings. The number of aliphatic imine (C=N–C) groups is 1. The van der Waals surface area contributed by atoms with Crippen LogP contribution in [-0.2, 0) is 4.79 Å². The van der Waals surface area contributed by atoms with Crippen molar-refractivity contribution in [2.75, 3.05) is 40.3 Å². The first kappa shape index (κ1) is 21.1. The molecule has 0 spiro atoms. The van der Waals surface area contributed by atoms with E-state index in [4.69, 9.17) is 16.3 Å². The average Bonchev–Trinajstić information content (AvgIpc) is 2.57. The number of likely N-dealkylation sites (N-methyl/N-ethyl adjacent to an activating group) is 1. The lowest BCUT2D eigenvalue weighted by Crippen LogP contribution is -2.48. The number of carbonyl (C=O) groups excluding carboxylic acids is 1. The summed E-state index contributed by atoms with van der Waals surface area (Å²) in [5, 5.41) is 6.78. The number of carbonyl (C=O) groups is 1. The molecule has 1 rings (SSSR count). The molecule has 2 N–H and O–H groups in total. The molecular weight excluding hydrogens is 340 g/mol. The number of rotatable bonds is 8. The van der Waals surface area contributed by atoms with Gasteiger partial charge < -0.3 is 20.3 Å². The monoisotopic (exact) mass is 368 g/mol. The van der Waals surface area contributed by atoms with Crippen molar-refractivity contribution >= 4 is 23.5 Å². The second-order valence-electron chi connectivity index (χ2n) is 6.37. The standard InChI is InChI=1S/C18H29ClN4O2/c1-6-21-16(24)18(2,3)13-22-17(20-4)23(5)11-12-25-15-9-7-14(19)8-10-15/h7-10H,6,11-13H2,1-5H3,(H,20,22)(H,21,24). The quantitative estimate of drug-likeness (QED) is 0.546. The van der Waals surface area contributed by atoms with Crippen LogP contribution in [0.5, 0.6) is 5.75 Å². The average molecular weight is 369 g/mol. The third-order valence-electron chi connectivity index (χ3n) is 3.72. The van der Waals surface area contributed by atoms with E-state index in [1.54, 1.807) is 19.2 Å². The summed E-state index contributed by atoms with van der Waals surface area (Å²) in [5.41, 5.74) is -0.521. The molecule has 6 nitrogen and oxygen atoms in total. The fraction of sp³-hybridized carbons (Fsp3) is 0.556. The number of nitrogens with one attached hydrogen (secondary N) is 2. The Morgan fingerprint density at radius 2 is 1.92 bits per heavy atom. The maximum Gasteiger partial charge on any atom is 0.227 e. The Bertz CT molecular complexity index is 573. The topological polar surface area (TPSA) is 66.0 Å². The Labute approximate surface area is 155 Å². The van der Waals surface area contributed by atoms with Crippen molar-refractivity contribution in [3.8, 4) is 5.75 Å². The van der Waals surface area contributed by atoms with Crippen LogP contribution < -0.4 is 15.4 Å². The molecule has 0 atom stereocenters. The molecule has 0 aliphatic rings. The van der Waals surface area contributed by atoms with Crippen molar-refractivity contribution in [3.05, 3.63) is 29.3 Å². The number of hydrogen-bond donors (Lipinski definition) is 2. The number of amides is 1. The smallest absolute Gasteiger partial charge is 0.227 e. The Balaban J connectivity index is 2.45. The second kappa shape index (κ2) is 10.1. The highest BCUT2D eigenvalue weighted by Crippen LogP contribution is 2.15. The first-order chi connectivity index (χ1) is 11.8. The molecule has 0 bridgehead atoms. The van der Waals surface area contributed by atoms with Gasteiger partial charge in [0.1, 0.15) is 12.4 Å². The largest absolute Gasteiger partial charge is 0.492 e. The molecular formula is C18H29ClN4O2. The Hall–Kier alpha value is -1.95. The lowest BCUT2D eigenvalue weighted by molar-refractivity contribution is -0.128. The zero-order valence-electron chi connectivity index (χ0n) is 15.7. The van der Waals surface area contributed by atoms with E-state index in [0.29, 0.717) is 31.3 Å². The zero-order chi connectivity index (χ0) is 18.9. The van der Waals surface area contributed by atoms with Gasteiger partial charge in [-0.05, 0) is 45.0 Å². The number of guanidine groups is 1. The van der Waals surface area contributed by atoms with Gasteiger partial charge in [-0.2, -0.15) is 0 Å². The molecule has 1 aromatic rings. The fourth-order valence-corrected chi connectivity index (χ4v) is 2.23. The summed E-state index contributed by atoms with van der Waals surface area (Å²) in [6.45, 7) is 8.01. The fourth-order valence-electron chi connectivity index (χ4n) is 2.10. The van der Waals surface area contributed by atoms with Gasteiger partial charge >= 0.3 is 0 Å². The van der Waals surface area contributed by atoms with Crippen molar-refractivity contribution in [1.29, 1.82) is 0 Å². The zero-order valence-corrected chi connectivity index (χ0v) is 16.5. The molecule has 1 aromatic carbocycles. The van der Waals surface area contributed by atoms with Gasteiger partial charge in [0.2, 0.25) is 5.91 Å². The highest BCUT2D eigenvalue weighted by atomic mass is 35.5. The summed E-state index contributed by atoms with van der Waals surface area (Å²) in [7, 11) is 3.65. The molecule has 25 heavy (non-hydrogen) atoms. The van der Waals surface area contributed by atoms with Gasteiger partial charge in [-0.1, -0.05) is 11.6 Å². The molecule has 7 heteroatoms. The van der Waals surface area contributed by atoms with Crippen LogP contribution in [0, 0.1) is 5.41 Å². The number of halogens is 1. The summed E-state index contributed by atoms with van der Waals surface area (Å²) >= 11 is 5.85. The molecule has 0 saturated heterocycles. The minimum Gasteiger partial charge on any atom is -0.492 e. The second-order valence-corrected chi connectivity index (χ2v) is 6.80. The van der Waals surface area contributed by atoms with Crippen LogP contribution in [0.2, 0.25) is 5.02 Å².